The van der Waals surface area contributed by atoms with E-state index in [0.29, 0.717) is 5.56 Å². The Kier molecular flexibility index (Phi) is 3.68. The van der Waals surface area contributed by atoms with Crippen molar-refractivity contribution >= 4 is 23.4 Å². The van der Waals surface area contributed by atoms with Gasteiger partial charge in [-0.25, -0.2) is 0 Å². The Hall–Kier alpha value is -1.55. The van der Waals surface area contributed by atoms with Crippen molar-refractivity contribution in [2.75, 3.05) is 6.54 Å². The van der Waals surface area contributed by atoms with Crippen LogP contribution in [0.4, 0.5) is 0 Å². The first-order valence-electron chi connectivity index (χ1n) is 4.12. The fourth-order valence-electron chi connectivity index (χ4n) is 0.980. The topological polar surface area (TPSA) is 72.2 Å². The number of carbonyl (C=O) groups excluding carboxylic acids is 2. The molecule has 78 valence electrons. The summed E-state index contributed by atoms with van der Waals surface area (Å²) in [5.74, 6) is -1.10. The third kappa shape index (κ3) is 3.25. The Labute approximate surface area is 92.4 Å². The van der Waals surface area contributed by atoms with E-state index in [0.717, 1.165) is 0 Å². The lowest BCUT2D eigenvalue weighted by molar-refractivity contribution is -0.117. The van der Waals surface area contributed by atoms with Gasteiger partial charge in [0.2, 0.25) is 5.91 Å². The van der Waals surface area contributed by atoms with Crippen LogP contribution in [0.25, 0.3) is 0 Å². The quantitative estimate of drug-likeness (QED) is 0.790. The maximum absolute atomic E-state index is 11.5. The number of benzene rings is 1. The highest BCUT2D eigenvalue weighted by molar-refractivity contribution is 6.33. The van der Waals surface area contributed by atoms with Gasteiger partial charge in [0.1, 0.15) is 0 Å². The molecule has 0 bridgehead atoms. The van der Waals surface area contributed by atoms with Crippen molar-refractivity contribution < 1.29 is 9.59 Å². The second kappa shape index (κ2) is 4.79. The molecule has 1 rings (SSSR count). The Morgan fingerprint density at radius 3 is 2.73 bits per heavy atom. The van der Waals surface area contributed by atoms with Crippen LogP contribution in [0.15, 0.2) is 18.2 Å². The van der Waals surface area contributed by atoms with Gasteiger partial charge in [-0.15, -0.1) is 0 Å². The highest BCUT2D eigenvalue weighted by Crippen LogP contribution is 2.16. The fraction of sp³-hybridized carbons (Fsp3) is 0.100. The van der Waals surface area contributed by atoms with Gasteiger partial charge in [0.05, 0.1) is 17.1 Å². The number of carbonyl (C=O) groups is 2. The van der Waals surface area contributed by atoms with Crippen LogP contribution in [-0.2, 0) is 4.79 Å². The van der Waals surface area contributed by atoms with E-state index in [1.165, 1.54) is 12.1 Å². The predicted molar refractivity (Wildman–Crippen MR) is 56.4 cm³/mol. The zero-order valence-electron chi connectivity index (χ0n) is 7.79. The molecule has 2 amide bonds. The van der Waals surface area contributed by atoms with Crippen LogP contribution in [0.5, 0.6) is 0 Å². The second-order valence-corrected chi connectivity index (χ2v) is 3.30. The molecule has 0 unspecified atom stereocenters. The average molecular weight is 225 g/mol. The summed E-state index contributed by atoms with van der Waals surface area (Å²) in [5.41, 5.74) is 5.52. The van der Waals surface area contributed by atoms with E-state index in [-0.39, 0.29) is 17.1 Å². The van der Waals surface area contributed by atoms with Gasteiger partial charge in [-0.2, -0.15) is 0 Å². The molecule has 4 nitrogen and oxygen atoms in total. The molecule has 0 saturated heterocycles. The lowest BCUT2D eigenvalue weighted by Gasteiger charge is -2.05. The lowest BCUT2D eigenvalue weighted by Crippen LogP contribution is -2.33. The van der Waals surface area contributed by atoms with Crippen molar-refractivity contribution in [3.05, 3.63) is 41.3 Å². The van der Waals surface area contributed by atoms with Gasteiger partial charge >= 0.3 is 0 Å². The third-order valence-electron chi connectivity index (χ3n) is 1.66. The Morgan fingerprint density at radius 2 is 2.13 bits per heavy atom. The van der Waals surface area contributed by atoms with E-state index >= 15 is 0 Å². The molecule has 0 fully saturated rings. The standard InChI is InChI=1S/C10H9ClN2O2/c1-6-2-3-8(11)7(4-6)10(15)13-5-9(12)14/h1-4H,5H2,(H2,12,14)(H,13,15). The number of hydrogen-bond donors (Lipinski definition) is 2. The molecule has 0 atom stereocenters. The predicted octanol–water partition coefficient (Wildman–Crippen LogP) is 0.614. The molecule has 0 aliphatic carbocycles. The number of amides is 2. The largest absolute Gasteiger partial charge is 0.368 e. The van der Waals surface area contributed by atoms with Crippen molar-refractivity contribution in [2.45, 2.75) is 0 Å². The zero-order chi connectivity index (χ0) is 11.4. The number of rotatable bonds is 3. The highest BCUT2D eigenvalue weighted by Gasteiger charge is 2.10. The molecule has 0 spiro atoms. The SMILES string of the molecule is [CH]c1ccc(Cl)c(C(=O)NCC(N)=O)c1. The van der Waals surface area contributed by atoms with Crippen LogP contribution >= 0.6 is 11.6 Å². The van der Waals surface area contributed by atoms with E-state index in [1.807, 2.05) is 0 Å². The smallest absolute Gasteiger partial charge is 0.253 e. The Balaban J connectivity index is 2.81. The summed E-state index contributed by atoms with van der Waals surface area (Å²) in [6, 6.07) is 4.52. The number of nitrogens with one attached hydrogen (secondary N) is 1. The van der Waals surface area contributed by atoms with Gasteiger partial charge in [-0.05, 0) is 24.6 Å². The van der Waals surface area contributed by atoms with Crippen LogP contribution in [0, 0.1) is 6.92 Å². The van der Waals surface area contributed by atoms with Gasteiger partial charge in [0.15, 0.2) is 0 Å². The first-order chi connectivity index (χ1) is 7.00. The first kappa shape index (κ1) is 11.5. The zero-order valence-corrected chi connectivity index (χ0v) is 8.54. The van der Waals surface area contributed by atoms with Gasteiger partial charge in [-0.3, -0.25) is 9.59 Å². The van der Waals surface area contributed by atoms with Crippen molar-refractivity contribution in [3.8, 4) is 0 Å². The molecule has 3 N–H and O–H groups in total. The second-order valence-electron chi connectivity index (χ2n) is 2.89. The van der Waals surface area contributed by atoms with Crippen LogP contribution in [0.1, 0.15) is 15.9 Å². The molecule has 1 aromatic rings. The van der Waals surface area contributed by atoms with Crippen molar-refractivity contribution in [1.82, 2.24) is 5.32 Å². The van der Waals surface area contributed by atoms with E-state index in [1.54, 1.807) is 6.07 Å². The van der Waals surface area contributed by atoms with Crippen LogP contribution < -0.4 is 11.1 Å². The number of primary amides is 1. The summed E-state index contributed by atoms with van der Waals surface area (Å²) >= 11 is 5.77. The maximum Gasteiger partial charge on any atom is 0.253 e. The van der Waals surface area contributed by atoms with Crippen molar-refractivity contribution in [3.63, 3.8) is 0 Å². The molecule has 0 saturated carbocycles. The molecule has 15 heavy (non-hydrogen) atoms. The van der Waals surface area contributed by atoms with Gasteiger partial charge in [-0.1, -0.05) is 17.7 Å². The lowest BCUT2D eigenvalue weighted by atomic mass is 10.1. The molecule has 1 aromatic carbocycles. The molecule has 0 heterocycles. The number of hydrogen-bond acceptors (Lipinski definition) is 2. The molecule has 2 radical (unpaired) electrons. The van der Waals surface area contributed by atoms with E-state index in [4.69, 9.17) is 24.3 Å². The molecule has 0 aromatic heterocycles. The summed E-state index contributed by atoms with van der Waals surface area (Å²) in [7, 11) is 0. The van der Waals surface area contributed by atoms with Crippen molar-refractivity contribution in [1.29, 1.82) is 0 Å². The molecule has 0 aliphatic heterocycles. The summed E-state index contributed by atoms with van der Waals surface area (Å²) in [4.78, 5) is 21.9. The molecule has 5 heteroatoms. The minimum atomic E-state index is -0.622. The number of nitrogens with two attached hydrogens (primary N) is 1. The Morgan fingerprint density at radius 1 is 1.47 bits per heavy atom. The van der Waals surface area contributed by atoms with E-state index < -0.39 is 11.8 Å². The third-order valence-corrected chi connectivity index (χ3v) is 1.99. The summed E-state index contributed by atoms with van der Waals surface area (Å²) in [5, 5.41) is 2.58. The van der Waals surface area contributed by atoms with Crippen LogP contribution in [-0.4, -0.2) is 18.4 Å². The van der Waals surface area contributed by atoms with Gasteiger partial charge in [0.25, 0.3) is 5.91 Å². The maximum atomic E-state index is 11.5. The fourth-order valence-corrected chi connectivity index (χ4v) is 1.18. The minimum absolute atomic E-state index is 0.220. The summed E-state index contributed by atoms with van der Waals surface area (Å²) in [6.07, 6.45) is 0. The van der Waals surface area contributed by atoms with E-state index in [2.05, 4.69) is 5.32 Å². The van der Waals surface area contributed by atoms with Gasteiger partial charge < -0.3 is 11.1 Å². The average Bonchev–Trinajstić information content (AvgIpc) is 2.18. The highest BCUT2D eigenvalue weighted by atomic mass is 35.5. The summed E-state index contributed by atoms with van der Waals surface area (Å²) in [6.45, 7) is 5.26. The summed E-state index contributed by atoms with van der Waals surface area (Å²) < 4.78 is 0. The molecule has 0 aliphatic rings. The van der Waals surface area contributed by atoms with Crippen LogP contribution in [0.3, 0.4) is 0 Å². The first-order valence-corrected chi connectivity index (χ1v) is 4.50. The monoisotopic (exact) mass is 224 g/mol. The van der Waals surface area contributed by atoms with E-state index in [9.17, 15) is 9.59 Å². The van der Waals surface area contributed by atoms with Gasteiger partial charge in [0, 0.05) is 0 Å². The normalized spacial score (nSPS) is 9.73. The molecular formula is C10H9ClN2O2. The van der Waals surface area contributed by atoms with Crippen LogP contribution in [0.2, 0.25) is 5.02 Å². The Bertz CT molecular complexity index is 404. The van der Waals surface area contributed by atoms with Crippen molar-refractivity contribution in [2.24, 2.45) is 5.73 Å². The molecular weight excluding hydrogens is 216 g/mol. The minimum Gasteiger partial charge on any atom is -0.368 e. The number of halogens is 1.